The van der Waals surface area contributed by atoms with Gasteiger partial charge in [0.1, 0.15) is 5.75 Å². The molecule has 0 unspecified atom stereocenters. The molecular weight excluding hydrogens is 394 g/mol. The van der Waals surface area contributed by atoms with Crippen molar-refractivity contribution in [3.05, 3.63) is 65.3 Å². The lowest BCUT2D eigenvalue weighted by Gasteiger charge is -2.14. The lowest BCUT2D eigenvalue weighted by atomic mass is 10.1. The number of benzene rings is 2. The van der Waals surface area contributed by atoms with Crippen molar-refractivity contribution in [1.29, 1.82) is 0 Å². The van der Waals surface area contributed by atoms with Gasteiger partial charge in [0.25, 0.3) is 0 Å². The highest BCUT2D eigenvalue weighted by molar-refractivity contribution is 8.00. The number of hydrogen-bond acceptors (Lipinski definition) is 5. The van der Waals surface area contributed by atoms with Crippen molar-refractivity contribution in [3.8, 4) is 17.0 Å². The van der Waals surface area contributed by atoms with Gasteiger partial charge in [0.2, 0.25) is 5.91 Å². The summed E-state index contributed by atoms with van der Waals surface area (Å²) in [5.74, 6) is 0.366. The van der Waals surface area contributed by atoms with Gasteiger partial charge >= 0.3 is 0 Å². The zero-order valence-electron chi connectivity index (χ0n) is 15.8. The average Bonchev–Trinajstić information content (AvgIpc) is 2.68. The number of aryl methyl sites for hydroxylation is 1. The number of nitrogens with zero attached hydrogens (tertiary/aromatic N) is 2. The highest BCUT2D eigenvalue weighted by Crippen LogP contribution is 2.29. The lowest BCUT2D eigenvalue weighted by molar-refractivity contribution is -0.115. The maximum atomic E-state index is 12.6. The molecule has 0 bridgehead atoms. The van der Waals surface area contributed by atoms with Gasteiger partial charge in [-0.2, -0.15) is 0 Å². The predicted molar refractivity (Wildman–Crippen MR) is 114 cm³/mol. The van der Waals surface area contributed by atoms with Gasteiger partial charge in [-0.25, -0.2) is 9.97 Å². The second kappa shape index (κ2) is 9.08. The Bertz CT molecular complexity index is 983. The molecule has 1 aromatic heterocycles. The first-order valence-corrected chi connectivity index (χ1v) is 9.94. The molecule has 7 heteroatoms. The van der Waals surface area contributed by atoms with Crippen LogP contribution in [-0.4, -0.2) is 28.2 Å². The van der Waals surface area contributed by atoms with Gasteiger partial charge in [0.15, 0.2) is 5.16 Å². The number of ether oxygens (including phenoxy) is 1. The summed E-state index contributed by atoms with van der Waals surface area (Å²) in [4.78, 5) is 21.7. The largest absolute Gasteiger partial charge is 0.495 e. The summed E-state index contributed by atoms with van der Waals surface area (Å²) in [6, 6.07) is 16.9. The fourth-order valence-electron chi connectivity index (χ4n) is 2.57. The Kier molecular flexibility index (Phi) is 6.54. The van der Waals surface area contributed by atoms with E-state index in [4.69, 9.17) is 16.3 Å². The van der Waals surface area contributed by atoms with Crippen LogP contribution in [0, 0.1) is 6.92 Å². The highest BCUT2D eigenvalue weighted by atomic mass is 35.5. The number of amides is 1. The molecule has 0 aliphatic rings. The summed E-state index contributed by atoms with van der Waals surface area (Å²) in [5, 5.41) is 3.52. The first-order valence-electron chi connectivity index (χ1n) is 8.68. The number of anilines is 1. The van der Waals surface area contributed by atoms with Crippen LogP contribution in [0.3, 0.4) is 0 Å². The number of nitrogens with one attached hydrogen (secondary N) is 1. The Balaban J connectivity index is 1.76. The van der Waals surface area contributed by atoms with E-state index in [1.165, 1.54) is 11.8 Å². The molecule has 0 spiro atoms. The number of hydrogen-bond donors (Lipinski definition) is 1. The van der Waals surface area contributed by atoms with Crippen LogP contribution < -0.4 is 10.1 Å². The molecule has 0 saturated heterocycles. The molecular formula is C21H20ClN3O2S. The van der Waals surface area contributed by atoms with E-state index in [-0.39, 0.29) is 5.91 Å². The zero-order valence-corrected chi connectivity index (χ0v) is 17.3. The Morgan fingerprint density at radius 3 is 2.61 bits per heavy atom. The van der Waals surface area contributed by atoms with Crippen LogP contribution in [0.5, 0.6) is 5.75 Å². The molecule has 0 fully saturated rings. The summed E-state index contributed by atoms with van der Waals surface area (Å²) < 4.78 is 5.27. The number of aromatic nitrogens is 2. The summed E-state index contributed by atoms with van der Waals surface area (Å²) >= 11 is 7.33. The SMILES string of the molecule is COc1ccc(Cl)cc1NC(=O)[C@H](C)Sc1nc(C)cc(-c2ccccc2)n1. The monoisotopic (exact) mass is 413 g/mol. The van der Waals surface area contributed by atoms with E-state index in [1.807, 2.05) is 50.2 Å². The van der Waals surface area contributed by atoms with E-state index < -0.39 is 5.25 Å². The fourth-order valence-corrected chi connectivity index (χ4v) is 3.58. The van der Waals surface area contributed by atoms with Crippen molar-refractivity contribution < 1.29 is 9.53 Å². The molecule has 28 heavy (non-hydrogen) atoms. The van der Waals surface area contributed by atoms with Crippen molar-refractivity contribution in [3.63, 3.8) is 0 Å². The van der Waals surface area contributed by atoms with Crippen LogP contribution in [-0.2, 0) is 4.79 Å². The molecule has 3 rings (SSSR count). The van der Waals surface area contributed by atoms with E-state index in [0.29, 0.717) is 21.6 Å². The van der Waals surface area contributed by atoms with Crippen molar-refractivity contribution >= 4 is 35.0 Å². The van der Waals surface area contributed by atoms with Crippen LogP contribution in [0.2, 0.25) is 5.02 Å². The van der Waals surface area contributed by atoms with E-state index in [9.17, 15) is 4.79 Å². The number of thioether (sulfide) groups is 1. The molecule has 1 heterocycles. The molecule has 144 valence electrons. The molecule has 2 aromatic carbocycles. The third-order valence-corrected chi connectivity index (χ3v) is 5.17. The topological polar surface area (TPSA) is 64.1 Å². The van der Waals surface area contributed by atoms with Gasteiger partial charge in [0, 0.05) is 16.3 Å². The molecule has 3 aromatic rings. The number of methoxy groups -OCH3 is 1. The van der Waals surface area contributed by atoms with Crippen LogP contribution >= 0.6 is 23.4 Å². The maximum Gasteiger partial charge on any atom is 0.237 e. The van der Waals surface area contributed by atoms with E-state index >= 15 is 0 Å². The first kappa shape index (κ1) is 20.2. The van der Waals surface area contributed by atoms with Gasteiger partial charge in [-0.05, 0) is 38.1 Å². The van der Waals surface area contributed by atoms with Crippen molar-refractivity contribution in [2.75, 3.05) is 12.4 Å². The summed E-state index contributed by atoms with van der Waals surface area (Å²) in [5.41, 5.74) is 3.22. The van der Waals surface area contributed by atoms with Gasteiger partial charge in [-0.1, -0.05) is 53.7 Å². The first-order chi connectivity index (χ1) is 13.5. The third kappa shape index (κ3) is 5.03. The molecule has 1 N–H and O–H groups in total. The lowest BCUT2D eigenvalue weighted by Crippen LogP contribution is -2.23. The second-order valence-corrected chi connectivity index (χ2v) is 7.88. The van der Waals surface area contributed by atoms with Crippen LogP contribution in [0.1, 0.15) is 12.6 Å². The van der Waals surface area contributed by atoms with E-state index in [0.717, 1.165) is 17.0 Å². The minimum Gasteiger partial charge on any atom is -0.495 e. The fraction of sp³-hybridized carbons (Fsp3) is 0.190. The normalized spacial score (nSPS) is 11.7. The van der Waals surface area contributed by atoms with Crippen molar-refractivity contribution in [2.45, 2.75) is 24.3 Å². The average molecular weight is 414 g/mol. The molecule has 0 saturated carbocycles. The van der Waals surface area contributed by atoms with E-state index in [1.54, 1.807) is 25.3 Å². The molecule has 0 radical (unpaired) electrons. The molecule has 1 amide bonds. The zero-order chi connectivity index (χ0) is 20.1. The van der Waals surface area contributed by atoms with Crippen molar-refractivity contribution in [1.82, 2.24) is 9.97 Å². The molecule has 0 aliphatic carbocycles. The predicted octanol–water partition coefficient (Wildman–Crippen LogP) is 5.23. The summed E-state index contributed by atoms with van der Waals surface area (Å²) in [7, 11) is 1.54. The summed E-state index contributed by atoms with van der Waals surface area (Å²) in [6.07, 6.45) is 0. The van der Waals surface area contributed by atoms with E-state index in [2.05, 4.69) is 15.3 Å². The Hall–Kier alpha value is -2.57. The Morgan fingerprint density at radius 2 is 1.89 bits per heavy atom. The minimum atomic E-state index is -0.408. The van der Waals surface area contributed by atoms with Gasteiger partial charge < -0.3 is 10.1 Å². The van der Waals surface area contributed by atoms with Crippen molar-refractivity contribution in [2.24, 2.45) is 0 Å². The number of rotatable bonds is 6. The maximum absolute atomic E-state index is 12.6. The minimum absolute atomic E-state index is 0.183. The smallest absolute Gasteiger partial charge is 0.237 e. The van der Waals surface area contributed by atoms with Gasteiger partial charge in [0.05, 0.1) is 23.7 Å². The number of carbonyl (C=O) groups excluding carboxylic acids is 1. The number of halogens is 1. The van der Waals surface area contributed by atoms with Crippen LogP contribution in [0.15, 0.2) is 59.8 Å². The molecule has 0 aliphatic heterocycles. The number of carbonyl (C=O) groups is 1. The van der Waals surface area contributed by atoms with Gasteiger partial charge in [-0.3, -0.25) is 4.79 Å². The third-order valence-electron chi connectivity index (χ3n) is 3.97. The molecule has 5 nitrogen and oxygen atoms in total. The molecule has 1 atom stereocenters. The second-order valence-electron chi connectivity index (χ2n) is 6.14. The highest BCUT2D eigenvalue weighted by Gasteiger charge is 2.19. The Labute approximate surface area is 173 Å². The van der Waals surface area contributed by atoms with Crippen LogP contribution in [0.4, 0.5) is 5.69 Å². The quantitative estimate of drug-likeness (QED) is 0.442. The Morgan fingerprint density at radius 1 is 1.14 bits per heavy atom. The standard InChI is InChI=1S/C21H20ClN3O2S/c1-13-11-17(15-7-5-4-6-8-15)25-21(23-13)28-14(2)20(26)24-18-12-16(22)9-10-19(18)27-3/h4-12,14H,1-3H3,(H,24,26)/t14-/m0/s1. The van der Waals surface area contributed by atoms with Crippen LogP contribution in [0.25, 0.3) is 11.3 Å². The summed E-state index contributed by atoms with van der Waals surface area (Å²) in [6.45, 7) is 3.73. The van der Waals surface area contributed by atoms with Gasteiger partial charge in [-0.15, -0.1) is 0 Å².